The third-order valence-electron chi connectivity index (χ3n) is 3.16. The Morgan fingerprint density at radius 1 is 1.21 bits per heavy atom. The highest BCUT2D eigenvalue weighted by atomic mass is 35.5. The van der Waals surface area contributed by atoms with Crippen LogP contribution in [0.25, 0.3) is 0 Å². The molecular formula is C15H20ClN5O2S. The monoisotopic (exact) mass is 369 g/mol. The highest BCUT2D eigenvalue weighted by molar-refractivity contribution is 7.88. The van der Waals surface area contributed by atoms with Crippen molar-refractivity contribution < 1.29 is 8.42 Å². The highest BCUT2D eigenvalue weighted by Gasteiger charge is 2.11. The number of benzene rings is 1. The average Bonchev–Trinajstić information content (AvgIpc) is 2.51. The zero-order chi connectivity index (χ0) is 17.6. The summed E-state index contributed by atoms with van der Waals surface area (Å²) >= 11 is 5.86. The highest BCUT2D eigenvalue weighted by Crippen LogP contribution is 2.13. The second-order valence-electron chi connectivity index (χ2n) is 5.40. The summed E-state index contributed by atoms with van der Waals surface area (Å²) in [5.74, 6) is 0.485. The van der Waals surface area contributed by atoms with Gasteiger partial charge in [0.15, 0.2) is 5.82 Å². The van der Waals surface area contributed by atoms with Crippen molar-refractivity contribution in [3.8, 4) is 0 Å². The van der Waals surface area contributed by atoms with E-state index >= 15 is 0 Å². The van der Waals surface area contributed by atoms with Crippen molar-refractivity contribution >= 4 is 33.1 Å². The van der Waals surface area contributed by atoms with Gasteiger partial charge in [0.2, 0.25) is 10.0 Å². The van der Waals surface area contributed by atoms with Gasteiger partial charge in [0.05, 0.1) is 17.6 Å². The second kappa shape index (κ2) is 8.27. The molecule has 1 heterocycles. The van der Waals surface area contributed by atoms with Gasteiger partial charge in [-0.3, -0.25) is 0 Å². The van der Waals surface area contributed by atoms with E-state index in [4.69, 9.17) is 11.6 Å². The molecule has 0 radical (unpaired) electrons. The normalized spacial score (nSPS) is 11.3. The molecule has 7 nitrogen and oxygen atoms in total. The van der Waals surface area contributed by atoms with E-state index in [1.54, 1.807) is 30.5 Å². The first-order valence-corrected chi connectivity index (χ1v) is 9.34. The number of hydrogen-bond donors (Lipinski definition) is 2. The molecule has 130 valence electrons. The number of rotatable bonds is 8. The van der Waals surface area contributed by atoms with Crippen molar-refractivity contribution in [1.29, 1.82) is 0 Å². The Morgan fingerprint density at radius 2 is 2.00 bits per heavy atom. The van der Waals surface area contributed by atoms with Gasteiger partial charge >= 0.3 is 0 Å². The Labute approximate surface area is 147 Å². The smallest absolute Gasteiger partial charge is 0.215 e. The Hall–Kier alpha value is -1.90. The third-order valence-corrected chi connectivity index (χ3v) is 4.75. The van der Waals surface area contributed by atoms with Crippen LogP contribution in [0.5, 0.6) is 0 Å². The van der Waals surface area contributed by atoms with Gasteiger partial charge in [0.25, 0.3) is 0 Å². The summed E-state index contributed by atoms with van der Waals surface area (Å²) in [6, 6.07) is 8.64. The SMILES string of the molecule is CN(C)c1cnnc(NCCNS(=O)(=O)Cc2cccc(Cl)c2)c1. The third kappa shape index (κ3) is 5.95. The van der Waals surface area contributed by atoms with Crippen LogP contribution in [0.2, 0.25) is 5.02 Å². The molecule has 1 aromatic carbocycles. The minimum atomic E-state index is -3.42. The Balaban J connectivity index is 1.82. The predicted octanol–water partition coefficient (Wildman–Crippen LogP) is 1.73. The van der Waals surface area contributed by atoms with Crippen LogP contribution in [-0.2, 0) is 15.8 Å². The van der Waals surface area contributed by atoms with E-state index in [-0.39, 0.29) is 12.3 Å². The summed E-state index contributed by atoms with van der Waals surface area (Å²) in [7, 11) is 0.395. The molecule has 0 bridgehead atoms. The zero-order valence-electron chi connectivity index (χ0n) is 13.5. The fourth-order valence-corrected chi connectivity index (χ4v) is 3.33. The van der Waals surface area contributed by atoms with Gasteiger partial charge in [-0.05, 0) is 17.7 Å². The lowest BCUT2D eigenvalue weighted by Crippen LogP contribution is -2.30. The maximum absolute atomic E-state index is 12.0. The molecule has 1 aromatic heterocycles. The first kappa shape index (κ1) is 18.4. The molecule has 24 heavy (non-hydrogen) atoms. The standard InChI is InChI=1S/C15H20ClN5O2S/c1-21(2)14-9-15(20-18-10-14)17-6-7-19-24(22,23)11-12-4-3-5-13(16)8-12/h3-5,8-10,19H,6-7,11H2,1-2H3,(H,17,20). The van der Waals surface area contributed by atoms with E-state index in [0.29, 0.717) is 22.9 Å². The summed E-state index contributed by atoms with van der Waals surface area (Å²) in [6.07, 6.45) is 1.65. The van der Waals surface area contributed by atoms with Gasteiger partial charge in [-0.25, -0.2) is 13.1 Å². The molecule has 2 N–H and O–H groups in total. The Bertz CT molecular complexity index is 783. The van der Waals surface area contributed by atoms with E-state index in [0.717, 1.165) is 5.69 Å². The number of nitrogens with one attached hydrogen (secondary N) is 2. The van der Waals surface area contributed by atoms with E-state index in [2.05, 4.69) is 20.2 Å². The molecule has 0 atom stereocenters. The van der Waals surface area contributed by atoms with Crippen LogP contribution < -0.4 is 14.9 Å². The topological polar surface area (TPSA) is 87.2 Å². The quantitative estimate of drug-likeness (QED) is 0.689. The number of hydrogen-bond acceptors (Lipinski definition) is 6. The lowest BCUT2D eigenvalue weighted by molar-refractivity contribution is 0.582. The van der Waals surface area contributed by atoms with Gasteiger partial charge in [-0.15, -0.1) is 5.10 Å². The minimum absolute atomic E-state index is 0.108. The number of nitrogens with zero attached hydrogens (tertiary/aromatic N) is 3. The predicted molar refractivity (Wildman–Crippen MR) is 96.9 cm³/mol. The number of aromatic nitrogens is 2. The fourth-order valence-electron chi connectivity index (χ4n) is 1.98. The first-order chi connectivity index (χ1) is 11.4. The summed E-state index contributed by atoms with van der Waals surface area (Å²) in [4.78, 5) is 1.91. The van der Waals surface area contributed by atoms with E-state index < -0.39 is 10.0 Å². The number of halogens is 1. The zero-order valence-corrected chi connectivity index (χ0v) is 15.1. The molecular weight excluding hydrogens is 350 g/mol. The van der Waals surface area contributed by atoms with Crippen LogP contribution in [0.3, 0.4) is 0 Å². The van der Waals surface area contributed by atoms with Crippen molar-refractivity contribution in [2.24, 2.45) is 0 Å². The second-order valence-corrected chi connectivity index (χ2v) is 7.65. The first-order valence-electron chi connectivity index (χ1n) is 7.31. The number of anilines is 2. The van der Waals surface area contributed by atoms with Crippen LogP contribution >= 0.6 is 11.6 Å². The fraction of sp³-hybridized carbons (Fsp3) is 0.333. The molecule has 0 amide bonds. The van der Waals surface area contributed by atoms with Crippen LogP contribution in [0.1, 0.15) is 5.56 Å². The maximum atomic E-state index is 12.0. The lowest BCUT2D eigenvalue weighted by atomic mass is 10.2. The Morgan fingerprint density at radius 3 is 2.71 bits per heavy atom. The molecule has 2 aromatic rings. The van der Waals surface area contributed by atoms with Crippen molar-refractivity contribution in [2.75, 3.05) is 37.4 Å². The van der Waals surface area contributed by atoms with Crippen molar-refractivity contribution in [3.63, 3.8) is 0 Å². The summed E-state index contributed by atoms with van der Waals surface area (Å²) in [5, 5.41) is 11.4. The molecule has 0 spiro atoms. The van der Waals surface area contributed by atoms with Crippen LogP contribution in [-0.4, -0.2) is 45.8 Å². The van der Waals surface area contributed by atoms with Crippen LogP contribution in [0, 0.1) is 0 Å². The Kier molecular flexibility index (Phi) is 6.36. The molecule has 0 saturated heterocycles. The van der Waals surface area contributed by atoms with Gasteiger partial charge in [-0.2, -0.15) is 5.10 Å². The van der Waals surface area contributed by atoms with E-state index in [9.17, 15) is 8.42 Å². The summed E-state index contributed by atoms with van der Waals surface area (Å²) in [5.41, 5.74) is 1.56. The van der Waals surface area contributed by atoms with Gasteiger partial charge in [-0.1, -0.05) is 23.7 Å². The van der Waals surface area contributed by atoms with Crippen LogP contribution in [0.4, 0.5) is 11.5 Å². The maximum Gasteiger partial charge on any atom is 0.215 e. The molecule has 2 rings (SSSR count). The molecule has 0 aliphatic carbocycles. The molecule has 0 aliphatic rings. The summed E-state index contributed by atoms with van der Waals surface area (Å²) < 4.78 is 26.6. The number of sulfonamides is 1. The average molecular weight is 370 g/mol. The van der Waals surface area contributed by atoms with E-state index in [1.165, 1.54) is 0 Å². The minimum Gasteiger partial charge on any atom is -0.376 e. The molecule has 0 fully saturated rings. The molecule has 9 heteroatoms. The molecule has 0 saturated carbocycles. The van der Waals surface area contributed by atoms with Crippen molar-refractivity contribution in [1.82, 2.24) is 14.9 Å². The van der Waals surface area contributed by atoms with Crippen LogP contribution in [0.15, 0.2) is 36.5 Å². The van der Waals surface area contributed by atoms with Gasteiger partial charge in [0.1, 0.15) is 0 Å². The largest absolute Gasteiger partial charge is 0.376 e. The van der Waals surface area contributed by atoms with Gasteiger partial charge in [0, 0.05) is 38.3 Å². The molecule has 0 unspecified atom stereocenters. The molecule has 0 aliphatic heterocycles. The van der Waals surface area contributed by atoms with Gasteiger partial charge < -0.3 is 10.2 Å². The van der Waals surface area contributed by atoms with Crippen molar-refractivity contribution in [3.05, 3.63) is 47.1 Å². The summed E-state index contributed by atoms with van der Waals surface area (Å²) in [6.45, 7) is 0.650. The van der Waals surface area contributed by atoms with Crippen molar-refractivity contribution in [2.45, 2.75) is 5.75 Å². The lowest BCUT2D eigenvalue weighted by Gasteiger charge is -2.13. The van der Waals surface area contributed by atoms with E-state index in [1.807, 2.05) is 25.1 Å².